The third kappa shape index (κ3) is 21.9. The Morgan fingerprint density at radius 3 is 1.33 bits per heavy atom. The maximum atomic E-state index is 13.1. The molecule has 0 amide bonds. The molecule has 748 valence electrons. The van der Waals surface area contributed by atoms with Crippen molar-refractivity contribution in [3.8, 4) is 90.5 Å². The molecule has 1 N–H and O–H groups in total. The maximum Gasteiger partial charge on any atom is 0.275 e. The van der Waals surface area contributed by atoms with Crippen LogP contribution in [0.4, 0.5) is 0 Å². The fourth-order valence-electron chi connectivity index (χ4n) is 19.8. The van der Waals surface area contributed by atoms with Crippen molar-refractivity contribution in [1.29, 1.82) is 0 Å². The molecule has 1 aliphatic carbocycles. The molecule has 1 saturated heterocycles. The zero-order valence-corrected chi connectivity index (χ0v) is 85.6. The number of likely N-dealkylation sites (N-methyl/N-ethyl adjacent to an activating group) is 2. The normalized spacial score (nSPS) is 15.5. The van der Waals surface area contributed by atoms with Crippen molar-refractivity contribution in [1.82, 2.24) is 91.4 Å². The van der Waals surface area contributed by atoms with Gasteiger partial charge in [-0.15, -0.1) is 11.3 Å². The molecule has 0 atom stereocenters. The summed E-state index contributed by atoms with van der Waals surface area (Å²) in [5, 5.41) is 8.98. The average molecular weight is 1980 g/mol. The Labute approximate surface area is 849 Å². The van der Waals surface area contributed by atoms with Crippen molar-refractivity contribution in [3.05, 3.63) is 327 Å². The molecule has 6 aliphatic rings. The number of nitrogens with one attached hydrogen (secondary N) is 1. The second-order valence-corrected chi connectivity index (χ2v) is 39.2. The van der Waals surface area contributed by atoms with Gasteiger partial charge in [-0.2, -0.15) is 9.61 Å². The number of pyridine rings is 5. The Morgan fingerprint density at radius 2 is 0.822 bits per heavy atom. The van der Waals surface area contributed by atoms with E-state index >= 15 is 0 Å². The van der Waals surface area contributed by atoms with E-state index in [4.69, 9.17) is 48.4 Å². The number of rotatable bonds is 19. The van der Waals surface area contributed by atoms with Gasteiger partial charge >= 0.3 is 0 Å². The quantitative estimate of drug-likeness (QED) is 0.0786. The minimum atomic E-state index is -0.147. The second-order valence-electron chi connectivity index (χ2n) is 38.0. The van der Waals surface area contributed by atoms with E-state index in [0.717, 1.165) is 233 Å². The SMILES string of the molecule is CCCN1CC=C(c2cc(C)c3nc(-c4ccc(OC)c(OC)c4)cc(=O)n3c2)CC1.COc1ccc(-c2cc(=O)n3cc(C4=CCN(C5CCC5)CC4)cc(C)c3n2)cc1OC.COc1ccc(-c2ccc3nc(C4=CCN(C)CC4)cc(=O)n3c2)cc1OC.Cc1cn2cc(-c3ccc4nc(C5=CCN(C)CC5)cc(=O)n4c3)ccc2n1.Cc1nc2ccc(-c3cc(=O)n4nc(C5CCNCC5)ccc4n3)cc2s1. The standard InChI is InChI=1S/C26H29N3O3.C25H29N3O3.C22H21N5O.C22H23N3O3.C20H19N5OS/c1-17-13-20(18-9-11-28(12-10-18)21-5-4-6-21)16-29-25(30)15-22(27-26(17)29)19-7-8-23(31-2)24(14-19)32-3;1-5-10-27-11-8-18(9-12-27)20-13-17(2)25-26-21(15-24(29)28(25)16-20)19-6-7-22(30-3)23(14-19)31-4;1-15-12-26-13-17(3-5-20(26)23-15)18-4-6-21-24-19(11-22(28)27(21)14-18)16-7-9-25(2)10-8-16;1-24-10-8-15(9-11-24)18-13-22(26)25-14-17(5-7-21(25)23-18)16-4-6-19(27-2)20(12-16)28-3;1-12-22-16-3-2-14(10-18(16)27-12)17-11-20(26)25-19(23-17)5-4-15(24-25)13-6-8-21-9-7-13/h7-9,13-16,21H,4-6,10-12H2,1-3H3;6-8,13-16H,5,9-12H2,1-4H3;3-7,11-14H,8-10H2,1-2H3;4-8,12-14H,9-11H2,1-3H3;2-5,10-11,13,21H,6-9H2,1H3. The van der Waals surface area contributed by atoms with E-state index in [0.29, 0.717) is 85.7 Å². The molecule has 0 bridgehead atoms. The number of methoxy groups -OCH3 is 6. The number of hydrogen-bond acceptors (Lipinski definition) is 25. The van der Waals surface area contributed by atoms with Crippen molar-refractivity contribution in [2.75, 3.05) is 129 Å². The Bertz CT molecular complexity index is 8310. The zero-order valence-electron chi connectivity index (χ0n) is 84.8. The smallest absolute Gasteiger partial charge is 0.275 e. The van der Waals surface area contributed by atoms with E-state index in [1.54, 1.807) is 102 Å². The first kappa shape index (κ1) is 99.5. The highest BCUT2D eigenvalue weighted by molar-refractivity contribution is 7.18. The average Bonchev–Trinajstić information content (AvgIpc) is 0.966. The van der Waals surface area contributed by atoms with E-state index < -0.39 is 0 Å². The lowest BCUT2D eigenvalue weighted by molar-refractivity contribution is 0.141. The molecule has 0 radical (unpaired) electrons. The van der Waals surface area contributed by atoms with Crippen LogP contribution in [0.5, 0.6) is 34.5 Å². The van der Waals surface area contributed by atoms with Gasteiger partial charge in [-0.05, 0) is 302 Å². The molecule has 4 aromatic carbocycles. The summed E-state index contributed by atoms with van der Waals surface area (Å²) in [7, 11) is 13.8. The van der Waals surface area contributed by atoms with Crippen LogP contribution >= 0.6 is 11.3 Å². The molecule has 5 aliphatic heterocycles. The third-order valence-electron chi connectivity index (χ3n) is 28.2. The predicted octanol–water partition coefficient (Wildman–Crippen LogP) is 17.8. The zero-order chi connectivity index (χ0) is 102. The van der Waals surface area contributed by atoms with Crippen LogP contribution in [0, 0.1) is 27.7 Å². The number of fused-ring (bicyclic) bond motifs is 7. The van der Waals surface area contributed by atoms with Gasteiger partial charge in [0.15, 0.2) is 40.1 Å². The van der Waals surface area contributed by atoms with Gasteiger partial charge < -0.3 is 47.9 Å². The number of imidazole rings is 1. The Hall–Kier alpha value is -15.3. The molecular weight excluding hydrogens is 1860 g/mol. The molecule has 1 saturated carbocycles. The van der Waals surface area contributed by atoms with E-state index in [1.165, 1.54) is 41.3 Å². The number of piperidine rings is 1. The number of nitrogens with zero attached hydrogens (tertiary/aromatic N) is 18. The Morgan fingerprint density at radius 1 is 0.377 bits per heavy atom. The summed E-state index contributed by atoms with van der Waals surface area (Å²) in [5.41, 5.74) is 25.6. The van der Waals surface area contributed by atoms with Crippen LogP contribution in [0.15, 0.2) is 249 Å². The summed E-state index contributed by atoms with van der Waals surface area (Å²) in [5.74, 6) is 4.22. The second kappa shape index (κ2) is 44.1. The summed E-state index contributed by atoms with van der Waals surface area (Å²) < 4.78 is 43.2. The van der Waals surface area contributed by atoms with Crippen molar-refractivity contribution < 1.29 is 28.4 Å². The summed E-state index contributed by atoms with van der Waals surface area (Å²) in [6.07, 6.45) is 31.7. The molecule has 23 rings (SSSR count). The first-order chi connectivity index (χ1) is 70.9. The lowest BCUT2D eigenvalue weighted by Crippen LogP contribution is -2.42. The highest BCUT2D eigenvalue weighted by Crippen LogP contribution is 2.39. The van der Waals surface area contributed by atoms with Crippen LogP contribution in [-0.4, -0.2) is 221 Å². The number of thiazole rings is 1. The lowest BCUT2D eigenvalue weighted by atomic mass is 9.89. The Kier molecular flexibility index (Phi) is 30.1. The first-order valence-electron chi connectivity index (χ1n) is 49.8. The van der Waals surface area contributed by atoms with E-state index in [-0.39, 0.29) is 27.8 Å². The first-order valence-corrected chi connectivity index (χ1v) is 50.6. The van der Waals surface area contributed by atoms with Gasteiger partial charge in [-0.3, -0.25) is 51.4 Å². The van der Waals surface area contributed by atoms with Gasteiger partial charge in [0.25, 0.3) is 27.8 Å². The van der Waals surface area contributed by atoms with Crippen molar-refractivity contribution in [2.45, 2.75) is 111 Å². The van der Waals surface area contributed by atoms with E-state index in [1.807, 2.05) is 185 Å². The van der Waals surface area contributed by atoms with Gasteiger partial charge in [0.2, 0.25) is 0 Å². The molecule has 0 unspecified atom stereocenters. The molecule has 146 heavy (non-hydrogen) atoms. The van der Waals surface area contributed by atoms with Gasteiger partial charge in [0.1, 0.15) is 28.2 Å². The van der Waals surface area contributed by atoms with Crippen LogP contribution < -0.4 is 61.5 Å². The van der Waals surface area contributed by atoms with Crippen molar-refractivity contribution >= 4 is 77.7 Å². The Balaban J connectivity index is 0.000000115. The number of aryl methyl sites for hydroxylation is 4. The third-order valence-corrected chi connectivity index (χ3v) is 29.1. The molecule has 31 heteroatoms. The fraction of sp³-hybridized carbons (Fsp3) is 0.313. The molecule has 30 nitrogen and oxygen atoms in total. The topological polar surface area (TPSA) is 295 Å². The van der Waals surface area contributed by atoms with Crippen LogP contribution in [0.1, 0.15) is 127 Å². The number of aromatic nitrogens is 14. The van der Waals surface area contributed by atoms with Gasteiger partial charge in [-0.1, -0.05) is 49.8 Å². The maximum absolute atomic E-state index is 13.1. The van der Waals surface area contributed by atoms with Crippen molar-refractivity contribution in [2.24, 2.45) is 0 Å². The summed E-state index contributed by atoms with van der Waals surface area (Å²) >= 11 is 1.65. The molecule has 2 fully saturated rings. The highest BCUT2D eigenvalue weighted by Gasteiger charge is 2.29. The van der Waals surface area contributed by atoms with Crippen LogP contribution in [0.2, 0.25) is 0 Å². The number of ether oxygens (including phenoxy) is 6. The van der Waals surface area contributed by atoms with E-state index in [2.05, 4.69) is 108 Å². The predicted molar refractivity (Wildman–Crippen MR) is 579 cm³/mol. The molecule has 17 aromatic rings. The molecular formula is C115H121N19O11S. The molecule has 18 heterocycles. The van der Waals surface area contributed by atoms with Crippen LogP contribution in [0.25, 0.3) is 122 Å². The lowest BCUT2D eigenvalue weighted by Gasteiger charge is -2.39. The summed E-state index contributed by atoms with van der Waals surface area (Å²) in [6, 6.07) is 51.6. The summed E-state index contributed by atoms with van der Waals surface area (Å²) in [4.78, 5) is 107. The van der Waals surface area contributed by atoms with Gasteiger partial charge in [0, 0.05) is 154 Å². The molecule has 0 spiro atoms. The van der Waals surface area contributed by atoms with E-state index in [9.17, 15) is 24.0 Å². The van der Waals surface area contributed by atoms with Crippen LogP contribution in [-0.2, 0) is 0 Å². The minimum Gasteiger partial charge on any atom is -0.493 e. The van der Waals surface area contributed by atoms with Gasteiger partial charge in [-0.25, -0.2) is 34.9 Å². The fourth-order valence-corrected chi connectivity index (χ4v) is 20.6. The monoisotopic (exact) mass is 1980 g/mol. The van der Waals surface area contributed by atoms with Crippen LogP contribution in [0.3, 0.4) is 0 Å². The number of benzene rings is 4. The largest absolute Gasteiger partial charge is 0.493 e. The van der Waals surface area contributed by atoms with Crippen molar-refractivity contribution in [3.63, 3.8) is 0 Å². The summed E-state index contributed by atoms with van der Waals surface area (Å²) in [6.45, 7) is 21.2. The number of hydrogen-bond donors (Lipinski definition) is 1. The molecule has 13 aromatic heterocycles. The minimum absolute atomic E-state index is 0.0544. The highest BCUT2D eigenvalue weighted by atomic mass is 32.1. The van der Waals surface area contributed by atoms with Gasteiger partial charge in [0.05, 0.1) is 97.7 Å².